The molecule has 8 heteroatoms. The van der Waals surface area contributed by atoms with Crippen molar-refractivity contribution in [2.75, 3.05) is 23.9 Å². The average molecular weight is 446 g/mol. The number of rotatable bonds is 18. The number of hydrogen-bond donors (Lipinski definition) is 4. The highest BCUT2D eigenvalue weighted by Gasteiger charge is 2.18. The maximum atomic E-state index is 9.73. The summed E-state index contributed by atoms with van der Waals surface area (Å²) in [5, 5.41) is 18.8. The summed E-state index contributed by atoms with van der Waals surface area (Å²) in [5.41, 5.74) is 0. The minimum Gasteiger partial charge on any atom is -0.396 e. The van der Waals surface area contributed by atoms with Crippen molar-refractivity contribution in [3.8, 4) is 0 Å². The summed E-state index contributed by atoms with van der Waals surface area (Å²) in [5.74, 6) is 3.63. The maximum Gasteiger partial charge on any atom is 0.394 e. The van der Waals surface area contributed by atoms with E-state index in [9.17, 15) is 5.11 Å². The molecule has 172 valence electrons. The first kappa shape index (κ1) is 30.3. The summed E-state index contributed by atoms with van der Waals surface area (Å²) >= 11 is 0. The fraction of sp³-hybridized carbons (Fsp3) is 1.00. The Morgan fingerprint density at radius 2 is 1.18 bits per heavy atom. The Balaban J connectivity index is 0. The molecule has 4 N–H and O–H groups in total. The van der Waals surface area contributed by atoms with Crippen molar-refractivity contribution in [1.29, 1.82) is 0 Å². The van der Waals surface area contributed by atoms with E-state index in [0.717, 1.165) is 30.8 Å². The van der Waals surface area contributed by atoms with Crippen LogP contribution in [0.1, 0.15) is 97.3 Å². The zero-order valence-electron chi connectivity index (χ0n) is 18.0. The molecule has 0 aliphatic heterocycles. The van der Waals surface area contributed by atoms with E-state index in [1.54, 1.807) is 0 Å². The molecule has 0 rings (SSSR count). The number of hydrogen-bond acceptors (Lipinski definition) is 4. The SMILES string of the molecule is CCCCCCCCCCCC[S+](CCCO)CCC(O)CC.O=S(=O)(O)O. The molecule has 0 bridgehead atoms. The number of unbranched alkanes of at least 4 members (excludes halogenated alkanes) is 9. The second-order valence-corrected chi connectivity index (χ2v) is 10.6. The Kier molecular flexibility index (Phi) is 23.7. The summed E-state index contributed by atoms with van der Waals surface area (Å²) in [4.78, 5) is 0. The van der Waals surface area contributed by atoms with Crippen LogP contribution in [0.2, 0.25) is 0 Å². The second kappa shape index (κ2) is 21.8. The van der Waals surface area contributed by atoms with Gasteiger partial charge in [0.2, 0.25) is 0 Å². The van der Waals surface area contributed by atoms with Crippen molar-refractivity contribution in [2.24, 2.45) is 0 Å². The molecule has 0 spiro atoms. The van der Waals surface area contributed by atoms with E-state index in [1.807, 2.05) is 0 Å². The van der Waals surface area contributed by atoms with Crippen LogP contribution in [0.15, 0.2) is 0 Å². The highest BCUT2D eigenvalue weighted by Crippen LogP contribution is 2.13. The molecule has 0 saturated heterocycles. The predicted octanol–water partition coefficient (Wildman–Crippen LogP) is 4.42. The smallest absolute Gasteiger partial charge is 0.394 e. The van der Waals surface area contributed by atoms with Crippen molar-refractivity contribution >= 4 is 21.3 Å². The molecule has 0 fully saturated rings. The van der Waals surface area contributed by atoms with Crippen molar-refractivity contribution in [2.45, 2.75) is 103 Å². The van der Waals surface area contributed by atoms with E-state index in [2.05, 4.69) is 13.8 Å². The maximum absolute atomic E-state index is 9.73. The van der Waals surface area contributed by atoms with Gasteiger partial charge in [0.05, 0.1) is 6.10 Å². The zero-order chi connectivity index (χ0) is 21.7. The van der Waals surface area contributed by atoms with Crippen LogP contribution in [0, 0.1) is 0 Å². The first-order chi connectivity index (χ1) is 13.2. The molecule has 28 heavy (non-hydrogen) atoms. The highest BCUT2D eigenvalue weighted by atomic mass is 32.3. The Bertz CT molecular complexity index is 396. The molecule has 0 aromatic carbocycles. The van der Waals surface area contributed by atoms with E-state index in [0.29, 0.717) is 17.5 Å². The predicted molar refractivity (Wildman–Crippen MR) is 121 cm³/mol. The summed E-state index contributed by atoms with van der Waals surface area (Å²) < 4.78 is 31.6. The van der Waals surface area contributed by atoms with Crippen LogP contribution in [-0.2, 0) is 21.3 Å². The van der Waals surface area contributed by atoms with Gasteiger partial charge in [0.25, 0.3) is 0 Å². The standard InChI is InChI=1S/C20H43O2S.H2O4S/c1-3-5-6-7-8-9-10-11-12-13-17-23(18-14-16-21)19-15-20(22)4-2;1-5(2,3)4/h20-22H,3-19H2,1-2H3;(H2,1,2,3,4)/q+1;. The van der Waals surface area contributed by atoms with E-state index in [-0.39, 0.29) is 6.10 Å². The first-order valence-corrected chi connectivity index (χ1v) is 14.0. The number of aliphatic hydroxyl groups excluding tert-OH is 2. The van der Waals surface area contributed by atoms with Crippen molar-refractivity contribution in [1.82, 2.24) is 0 Å². The Labute approximate surface area is 176 Å². The van der Waals surface area contributed by atoms with Gasteiger partial charge < -0.3 is 10.2 Å². The molecular weight excluding hydrogens is 400 g/mol. The summed E-state index contributed by atoms with van der Waals surface area (Å²) in [6.45, 7) is 4.65. The van der Waals surface area contributed by atoms with Crippen LogP contribution in [0.25, 0.3) is 0 Å². The number of aliphatic hydroxyl groups is 2. The van der Waals surface area contributed by atoms with Gasteiger partial charge >= 0.3 is 10.4 Å². The molecule has 2 atom stereocenters. The van der Waals surface area contributed by atoms with Crippen LogP contribution in [0.4, 0.5) is 0 Å². The van der Waals surface area contributed by atoms with Gasteiger partial charge in [-0.25, -0.2) is 0 Å². The van der Waals surface area contributed by atoms with E-state index in [1.165, 1.54) is 70.0 Å². The van der Waals surface area contributed by atoms with Gasteiger partial charge in [-0.05, 0) is 30.2 Å². The summed E-state index contributed by atoms with van der Waals surface area (Å²) in [6, 6.07) is 0. The monoisotopic (exact) mass is 445 g/mol. The molecule has 6 nitrogen and oxygen atoms in total. The normalized spacial score (nSPS) is 13.6. The Hall–Kier alpha value is 0.140. The van der Waals surface area contributed by atoms with Crippen molar-refractivity contribution in [3.63, 3.8) is 0 Å². The highest BCUT2D eigenvalue weighted by molar-refractivity contribution is 7.96. The first-order valence-electron chi connectivity index (χ1n) is 10.9. The van der Waals surface area contributed by atoms with Crippen LogP contribution < -0.4 is 0 Å². The molecule has 0 radical (unpaired) electrons. The van der Waals surface area contributed by atoms with Gasteiger partial charge in [0.1, 0.15) is 17.3 Å². The molecule has 0 heterocycles. The lowest BCUT2D eigenvalue weighted by atomic mass is 10.1. The lowest BCUT2D eigenvalue weighted by molar-refractivity contribution is 0.167. The van der Waals surface area contributed by atoms with Crippen LogP contribution >= 0.6 is 0 Å². The van der Waals surface area contributed by atoms with Gasteiger partial charge in [-0.15, -0.1) is 0 Å². The van der Waals surface area contributed by atoms with Gasteiger partial charge in [0, 0.05) is 19.4 Å². The van der Waals surface area contributed by atoms with Crippen LogP contribution in [-0.4, -0.2) is 57.7 Å². The quantitative estimate of drug-likeness (QED) is 0.141. The summed E-state index contributed by atoms with van der Waals surface area (Å²) in [7, 11) is -4.25. The fourth-order valence-corrected chi connectivity index (χ4v) is 5.24. The molecule has 0 aromatic heterocycles. The van der Waals surface area contributed by atoms with Crippen molar-refractivity contribution in [3.05, 3.63) is 0 Å². The van der Waals surface area contributed by atoms with Gasteiger partial charge in [-0.1, -0.05) is 65.2 Å². The van der Waals surface area contributed by atoms with E-state index < -0.39 is 10.4 Å². The molecule has 0 aliphatic carbocycles. The zero-order valence-corrected chi connectivity index (χ0v) is 19.7. The molecule has 0 amide bonds. The lowest BCUT2D eigenvalue weighted by Crippen LogP contribution is -2.21. The molecule has 2 unspecified atom stereocenters. The Morgan fingerprint density at radius 1 is 0.750 bits per heavy atom. The molecule has 0 aliphatic rings. The third kappa shape index (κ3) is 30.9. The largest absolute Gasteiger partial charge is 0.396 e. The third-order valence-corrected chi connectivity index (χ3v) is 7.13. The minimum absolute atomic E-state index is 0.119. The third-order valence-electron chi connectivity index (χ3n) is 4.59. The van der Waals surface area contributed by atoms with Gasteiger partial charge in [0.15, 0.2) is 0 Å². The molecule has 0 saturated carbocycles. The lowest BCUT2D eigenvalue weighted by Gasteiger charge is -2.11. The van der Waals surface area contributed by atoms with E-state index >= 15 is 0 Å². The van der Waals surface area contributed by atoms with Gasteiger partial charge in [-0.2, -0.15) is 8.42 Å². The van der Waals surface area contributed by atoms with Gasteiger partial charge in [-0.3, -0.25) is 9.11 Å². The Morgan fingerprint density at radius 3 is 1.61 bits per heavy atom. The fourth-order valence-electron chi connectivity index (χ4n) is 2.88. The topological polar surface area (TPSA) is 115 Å². The average Bonchev–Trinajstić information content (AvgIpc) is 2.63. The minimum atomic E-state index is -4.67. The van der Waals surface area contributed by atoms with E-state index in [4.69, 9.17) is 22.6 Å². The molecular formula is C20H45O6S2+. The molecule has 0 aromatic rings. The second-order valence-electron chi connectivity index (χ2n) is 7.28. The van der Waals surface area contributed by atoms with Crippen molar-refractivity contribution < 1.29 is 27.7 Å². The van der Waals surface area contributed by atoms with Crippen LogP contribution in [0.5, 0.6) is 0 Å². The van der Waals surface area contributed by atoms with Crippen LogP contribution in [0.3, 0.4) is 0 Å². The summed E-state index contributed by atoms with van der Waals surface area (Å²) in [6.07, 6.45) is 16.6.